The van der Waals surface area contributed by atoms with Crippen molar-refractivity contribution in [3.63, 3.8) is 0 Å². The minimum atomic E-state index is -0.193. The molecule has 0 N–H and O–H groups in total. The lowest BCUT2D eigenvalue weighted by atomic mass is 10.1. The Bertz CT molecular complexity index is 434. The van der Waals surface area contributed by atoms with Crippen molar-refractivity contribution >= 4 is 5.97 Å². The van der Waals surface area contributed by atoms with E-state index in [1.807, 2.05) is 18.2 Å². The highest BCUT2D eigenvalue weighted by Crippen LogP contribution is 2.25. The fraction of sp³-hybridized carbons (Fsp3) is 0.533. The molecule has 0 spiro atoms. The molecule has 0 aliphatic heterocycles. The number of methoxy groups -OCH3 is 3. The standard InChI is InChI=1S/C15H23NO4/c1-5-16(9-8-15(17)20-4)11-12-10-13(18-2)6-7-14(12)19-3/h6-7,10H,5,8-9,11H2,1-4H3. The minimum Gasteiger partial charge on any atom is -0.497 e. The van der Waals surface area contributed by atoms with Crippen molar-refractivity contribution in [2.75, 3.05) is 34.4 Å². The molecule has 0 heterocycles. The van der Waals surface area contributed by atoms with E-state index in [2.05, 4.69) is 16.6 Å². The van der Waals surface area contributed by atoms with Crippen molar-refractivity contribution < 1.29 is 19.0 Å². The van der Waals surface area contributed by atoms with Crippen LogP contribution in [0.25, 0.3) is 0 Å². The zero-order valence-corrected chi connectivity index (χ0v) is 12.6. The molecule has 0 aromatic heterocycles. The van der Waals surface area contributed by atoms with E-state index in [0.717, 1.165) is 23.6 Å². The summed E-state index contributed by atoms with van der Waals surface area (Å²) in [7, 11) is 4.69. The van der Waals surface area contributed by atoms with Gasteiger partial charge in [0.2, 0.25) is 0 Å². The van der Waals surface area contributed by atoms with Gasteiger partial charge in [0.25, 0.3) is 0 Å². The molecule has 5 nitrogen and oxygen atoms in total. The van der Waals surface area contributed by atoms with Crippen molar-refractivity contribution in [1.29, 1.82) is 0 Å². The van der Waals surface area contributed by atoms with E-state index in [9.17, 15) is 4.79 Å². The third kappa shape index (κ3) is 4.74. The highest BCUT2D eigenvalue weighted by molar-refractivity contribution is 5.69. The van der Waals surface area contributed by atoms with Crippen molar-refractivity contribution in [2.45, 2.75) is 19.9 Å². The molecule has 0 radical (unpaired) electrons. The fourth-order valence-corrected chi connectivity index (χ4v) is 1.95. The van der Waals surface area contributed by atoms with E-state index in [1.54, 1.807) is 14.2 Å². The first-order chi connectivity index (χ1) is 9.64. The summed E-state index contributed by atoms with van der Waals surface area (Å²) in [6.45, 7) is 4.26. The van der Waals surface area contributed by atoms with Crippen LogP contribution < -0.4 is 9.47 Å². The van der Waals surface area contributed by atoms with E-state index in [4.69, 9.17) is 9.47 Å². The van der Waals surface area contributed by atoms with Gasteiger partial charge in [-0.05, 0) is 24.7 Å². The van der Waals surface area contributed by atoms with Crippen LogP contribution in [0.5, 0.6) is 11.5 Å². The first-order valence-electron chi connectivity index (χ1n) is 6.64. The van der Waals surface area contributed by atoms with Crippen molar-refractivity contribution in [2.24, 2.45) is 0 Å². The molecule has 0 unspecified atom stereocenters. The Balaban J connectivity index is 2.75. The Kier molecular flexibility index (Phi) is 6.87. The predicted octanol–water partition coefficient (Wildman–Crippen LogP) is 2.09. The molecule has 0 aliphatic rings. The van der Waals surface area contributed by atoms with Gasteiger partial charge in [-0.15, -0.1) is 0 Å². The van der Waals surface area contributed by atoms with Gasteiger partial charge in [-0.1, -0.05) is 6.92 Å². The van der Waals surface area contributed by atoms with Gasteiger partial charge in [0.1, 0.15) is 11.5 Å². The third-order valence-electron chi connectivity index (χ3n) is 3.19. The van der Waals surface area contributed by atoms with Crippen LogP contribution in [0.1, 0.15) is 18.9 Å². The van der Waals surface area contributed by atoms with Gasteiger partial charge in [0.15, 0.2) is 0 Å². The Morgan fingerprint density at radius 3 is 2.50 bits per heavy atom. The van der Waals surface area contributed by atoms with Crippen molar-refractivity contribution in [1.82, 2.24) is 4.90 Å². The molecule has 0 saturated carbocycles. The van der Waals surface area contributed by atoms with Crippen LogP contribution in [-0.4, -0.2) is 45.3 Å². The fourth-order valence-electron chi connectivity index (χ4n) is 1.95. The number of nitrogens with zero attached hydrogens (tertiary/aromatic N) is 1. The van der Waals surface area contributed by atoms with Crippen molar-refractivity contribution in [3.8, 4) is 11.5 Å². The summed E-state index contributed by atoms with van der Waals surface area (Å²) in [5.41, 5.74) is 1.04. The maximum Gasteiger partial charge on any atom is 0.306 e. The first kappa shape index (κ1) is 16.3. The van der Waals surface area contributed by atoms with E-state index >= 15 is 0 Å². The number of carbonyl (C=O) groups excluding carboxylic acids is 1. The van der Waals surface area contributed by atoms with Crippen LogP contribution in [0, 0.1) is 0 Å². The maximum absolute atomic E-state index is 11.2. The zero-order chi connectivity index (χ0) is 15.0. The molecule has 1 rings (SSSR count). The number of benzene rings is 1. The summed E-state index contributed by atoms with van der Waals surface area (Å²) < 4.78 is 15.3. The SMILES string of the molecule is CCN(CCC(=O)OC)Cc1cc(OC)ccc1OC. The lowest BCUT2D eigenvalue weighted by Gasteiger charge is -2.21. The summed E-state index contributed by atoms with van der Waals surface area (Å²) in [4.78, 5) is 13.4. The molecule has 0 atom stereocenters. The average molecular weight is 281 g/mol. The monoisotopic (exact) mass is 281 g/mol. The number of rotatable bonds is 8. The Morgan fingerprint density at radius 1 is 1.20 bits per heavy atom. The number of ether oxygens (including phenoxy) is 3. The highest BCUT2D eigenvalue weighted by Gasteiger charge is 2.11. The lowest BCUT2D eigenvalue weighted by Crippen LogP contribution is -2.26. The van der Waals surface area contributed by atoms with E-state index in [0.29, 0.717) is 19.5 Å². The molecular weight excluding hydrogens is 258 g/mol. The van der Waals surface area contributed by atoms with Crippen LogP contribution in [0.4, 0.5) is 0 Å². The van der Waals surface area contributed by atoms with Crippen LogP contribution in [0.15, 0.2) is 18.2 Å². The Hall–Kier alpha value is -1.75. The molecule has 0 bridgehead atoms. The van der Waals surface area contributed by atoms with Crippen LogP contribution in [0.3, 0.4) is 0 Å². The summed E-state index contributed by atoms with van der Waals surface area (Å²) in [6.07, 6.45) is 0.386. The predicted molar refractivity (Wildman–Crippen MR) is 77.1 cm³/mol. The van der Waals surface area contributed by atoms with Gasteiger partial charge in [0.05, 0.1) is 27.8 Å². The lowest BCUT2D eigenvalue weighted by molar-refractivity contribution is -0.141. The molecule has 0 amide bonds. The number of esters is 1. The molecule has 0 fully saturated rings. The van der Waals surface area contributed by atoms with Gasteiger partial charge in [-0.3, -0.25) is 9.69 Å². The van der Waals surface area contributed by atoms with Crippen LogP contribution in [0.2, 0.25) is 0 Å². The number of hydrogen-bond acceptors (Lipinski definition) is 5. The van der Waals surface area contributed by atoms with Gasteiger partial charge in [0, 0.05) is 18.7 Å². The summed E-state index contributed by atoms with van der Waals surface area (Å²) >= 11 is 0. The summed E-state index contributed by atoms with van der Waals surface area (Å²) in [6, 6.07) is 5.72. The molecule has 0 aliphatic carbocycles. The average Bonchev–Trinajstić information content (AvgIpc) is 2.50. The molecule has 1 aromatic carbocycles. The van der Waals surface area contributed by atoms with E-state index in [-0.39, 0.29) is 5.97 Å². The minimum absolute atomic E-state index is 0.193. The Morgan fingerprint density at radius 2 is 1.95 bits per heavy atom. The topological polar surface area (TPSA) is 48.0 Å². The smallest absolute Gasteiger partial charge is 0.306 e. The molecule has 1 aromatic rings. The summed E-state index contributed by atoms with van der Waals surface area (Å²) in [5.74, 6) is 1.42. The second-order valence-electron chi connectivity index (χ2n) is 4.37. The highest BCUT2D eigenvalue weighted by atomic mass is 16.5. The number of hydrogen-bond donors (Lipinski definition) is 0. The Labute approximate surface area is 120 Å². The maximum atomic E-state index is 11.2. The van der Waals surface area contributed by atoms with E-state index < -0.39 is 0 Å². The van der Waals surface area contributed by atoms with Crippen molar-refractivity contribution in [3.05, 3.63) is 23.8 Å². The molecule has 5 heteroatoms. The third-order valence-corrected chi connectivity index (χ3v) is 3.19. The van der Waals surface area contributed by atoms with E-state index in [1.165, 1.54) is 7.11 Å². The normalized spacial score (nSPS) is 10.4. The largest absolute Gasteiger partial charge is 0.497 e. The zero-order valence-electron chi connectivity index (χ0n) is 12.6. The molecule has 0 saturated heterocycles. The number of carbonyl (C=O) groups is 1. The second-order valence-corrected chi connectivity index (χ2v) is 4.37. The van der Waals surface area contributed by atoms with Gasteiger partial charge < -0.3 is 14.2 Å². The van der Waals surface area contributed by atoms with Gasteiger partial charge in [-0.2, -0.15) is 0 Å². The quantitative estimate of drug-likeness (QED) is 0.683. The molecular formula is C15H23NO4. The van der Waals surface area contributed by atoms with Crippen LogP contribution in [-0.2, 0) is 16.1 Å². The van der Waals surface area contributed by atoms with Crippen LogP contribution >= 0.6 is 0 Å². The molecule has 112 valence electrons. The first-order valence-corrected chi connectivity index (χ1v) is 6.64. The van der Waals surface area contributed by atoms with Gasteiger partial charge in [-0.25, -0.2) is 0 Å². The molecule has 20 heavy (non-hydrogen) atoms. The second kappa shape index (κ2) is 8.43. The summed E-state index contributed by atoms with van der Waals surface area (Å²) in [5, 5.41) is 0. The van der Waals surface area contributed by atoms with Gasteiger partial charge >= 0.3 is 5.97 Å².